The molecule has 6 nitrogen and oxygen atoms in total. The fourth-order valence-electron chi connectivity index (χ4n) is 3.96. The first-order valence-corrected chi connectivity index (χ1v) is 13.9. The van der Waals surface area contributed by atoms with Gasteiger partial charge in [0, 0.05) is 19.5 Å². The predicted octanol–water partition coefficient (Wildman–Crippen LogP) is 5.84. The maximum atomic E-state index is 6.25. The Morgan fingerprint density at radius 2 is 1.94 bits per heavy atom. The molecule has 0 radical (unpaired) electrons. The molecule has 0 unspecified atom stereocenters. The molecule has 4 rings (SSSR count). The zero-order chi connectivity index (χ0) is 23.9. The lowest BCUT2D eigenvalue weighted by Gasteiger charge is -2.19. The van der Waals surface area contributed by atoms with Crippen LogP contribution in [-0.2, 0) is 13.0 Å². The third kappa shape index (κ3) is 5.97. The van der Waals surface area contributed by atoms with Crippen molar-refractivity contribution in [2.75, 3.05) is 24.2 Å². The van der Waals surface area contributed by atoms with Gasteiger partial charge in [0.15, 0.2) is 0 Å². The van der Waals surface area contributed by atoms with Crippen LogP contribution in [0.15, 0.2) is 65.0 Å². The molecule has 0 aliphatic rings. The lowest BCUT2D eigenvalue weighted by molar-refractivity contribution is 0.291. The molecule has 8 heteroatoms. The molecule has 0 aliphatic heterocycles. The van der Waals surface area contributed by atoms with Gasteiger partial charge in [-0.2, -0.15) is 0 Å². The number of aromatic nitrogens is 2. The number of ether oxygens (including phenoxy) is 1. The number of hydrogen-bond acceptors (Lipinski definition) is 5. The van der Waals surface area contributed by atoms with E-state index in [0.29, 0.717) is 10.4 Å². The van der Waals surface area contributed by atoms with E-state index >= 15 is 0 Å². The Labute approximate surface area is 218 Å². The molecule has 2 aromatic heterocycles. The molecule has 0 spiro atoms. The highest BCUT2D eigenvalue weighted by atomic mass is 127. The van der Waals surface area contributed by atoms with Crippen LogP contribution in [0.25, 0.3) is 11.0 Å². The summed E-state index contributed by atoms with van der Waals surface area (Å²) in [6, 6.07) is 18.4. The van der Waals surface area contributed by atoms with Gasteiger partial charge in [-0.1, -0.05) is 32.0 Å². The van der Waals surface area contributed by atoms with E-state index in [0.717, 1.165) is 65.8 Å². The number of nitrogens with two attached hydrogens (primary N) is 1. The zero-order valence-corrected chi connectivity index (χ0v) is 22.6. The number of rotatable bonds is 11. The van der Waals surface area contributed by atoms with Crippen LogP contribution < -0.4 is 10.5 Å². The zero-order valence-electron chi connectivity index (χ0n) is 19.6. The Morgan fingerprint density at radius 1 is 1.15 bits per heavy atom. The number of fused-ring (bicyclic) bond motifs is 1. The van der Waals surface area contributed by atoms with Crippen LogP contribution in [-0.4, -0.2) is 44.5 Å². The SMILES string of the molecule is CCN(CC)CCn1c(Cc2ccc(OCI)cc2)nc2ccc(N=C(N)c3cccs3)cc21. The van der Waals surface area contributed by atoms with Crippen molar-refractivity contribution in [3.63, 3.8) is 0 Å². The molecule has 178 valence electrons. The maximum absolute atomic E-state index is 6.25. The molecule has 34 heavy (non-hydrogen) atoms. The number of likely N-dealkylation sites (N-methyl/N-ethyl adjacent to an activating group) is 1. The van der Waals surface area contributed by atoms with Crippen molar-refractivity contribution < 1.29 is 4.74 Å². The van der Waals surface area contributed by atoms with Crippen LogP contribution in [0.5, 0.6) is 5.75 Å². The molecule has 0 saturated carbocycles. The summed E-state index contributed by atoms with van der Waals surface area (Å²) in [7, 11) is 0. The summed E-state index contributed by atoms with van der Waals surface area (Å²) in [6.45, 7) is 8.31. The Bertz CT molecular complexity index is 1230. The highest BCUT2D eigenvalue weighted by Crippen LogP contribution is 2.25. The van der Waals surface area contributed by atoms with Crippen molar-refractivity contribution in [2.45, 2.75) is 26.8 Å². The summed E-state index contributed by atoms with van der Waals surface area (Å²) >= 11 is 3.80. The fourth-order valence-corrected chi connectivity index (χ4v) is 4.95. The molecule has 0 fully saturated rings. The van der Waals surface area contributed by atoms with E-state index in [2.05, 4.69) is 69.1 Å². The van der Waals surface area contributed by atoms with Crippen molar-refractivity contribution in [3.8, 4) is 5.75 Å². The molecule has 0 atom stereocenters. The third-order valence-corrected chi connectivity index (χ3v) is 7.08. The highest BCUT2D eigenvalue weighted by Gasteiger charge is 2.14. The van der Waals surface area contributed by atoms with Crippen LogP contribution in [0.1, 0.15) is 30.1 Å². The van der Waals surface area contributed by atoms with Gasteiger partial charge in [-0.15, -0.1) is 11.3 Å². The van der Waals surface area contributed by atoms with Crippen molar-refractivity contribution in [2.24, 2.45) is 10.7 Å². The first kappa shape index (κ1) is 24.7. The van der Waals surface area contributed by atoms with E-state index in [1.54, 1.807) is 11.3 Å². The topological polar surface area (TPSA) is 68.7 Å². The first-order chi connectivity index (χ1) is 16.6. The summed E-state index contributed by atoms with van der Waals surface area (Å²) in [6.07, 6.45) is 0.757. The summed E-state index contributed by atoms with van der Waals surface area (Å²) < 4.78 is 8.56. The number of imidazole rings is 1. The first-order valence-electron chi connectivity index (χ1n) is 11.5. The summed E-state index contributed by atoms with van der Waals surface area (Å²) in [5.74, 6) is 2.48. The lowest BCUT2D eigenvalue weighted by atomic mass is 10.1. The highest BCUT2D eigenvalue weighted by molar-refractivity contribution is 14.1. The Kier molecular flexibility index (Phi) is 8.58. The van der Waals surface area contributed by atoms with Gasteiger partial charge in [-0.05, 0) is 83.0 Å². The number of alkyl halides is 1. The summed E-state index contributed by atoms with van der Waals surface area (Å²) in [5.41, 5.74) is 10.4. The predicted molar refractivity (Wildman–Crippen MR) is 151 cm³/mol. The Hall–Kier alpha value is -2.43. The van der Waals surface area contributed by atoms with Gasteiger partial charge in [0.25, 0.3) is 0 Å². The second kappa shape index (κ2) is 11.8. The van der Waals surface area contributed by atoms with Gasteiger partial charge in [0.05, 0.1) is 21.6 Å². The van der Waals surface area contributed by atoms with Gasteiger partial charge < -0.3 is 19.9 Å². The van der Waals surface area contributed by atoms with Gasteiger partial charge in [0.1, 0.15) is 22.0 Å². The molecule has 4 aromatic rings. The standard InChI is InChI=1S/C26H30IN5OS/c1-3-31(4-2)13-14-32-23-17-20(29-26(28)24-6-5-15-34-24)9-12-22(23)30-25(32)16-19-7-10-21(11-8-19)33-18-27/h5-12,15,17H,3-4,13-14,16,18H2,1-2H3,(H2,28,29). The van der Waals surface area contributed by atoms with Crippen LogP contribution in [0.2, 0.25) is 0 Å². The minimum atomic E-state index is 0.539. The molecule has 2 heterocycles. The summed E-state index contributed by atoms with van der Waals surface area (Å²) in [4.78, 5) is 13.1. The fraction of sp³-hybridized carbons (Fsp3) is 0.308. The molecule has 0 aliphatic carbocycles. The number of aliphatic imine (C=N–C) groups is 1. The average molecular weight is 588 g/mol. The normalized spacial score (nSPS) is 12.1. The van der Waals surface area contributed by atoms with Gasteiger partial charge >= 0.3 is 0 Å². The number of hydrogen-bond donors (Lipinski definition) is 1. The van der Waals surface area contributed by atoms with Crippen LogP contribution in [0, 0.1) is 0 Å². The minimum absolute atomic E-state index is 0.539. The second-order valence-corrected chi connectivity index (χ2v) is 9.50. The average Bonchev–Trinajstić information content (AvgIpc) is 3.50. The van der Waals surface area contributed by atoms with E-state index < -0.39 is 0 Å². The monoisotopic (exact) mass is 587 g/mol. The number of halogens is 1. The van der Waals surface area contributed by atoms with Crippen molar-refractivity contribution in [1.82, 2.24) is 14.5 Å². The molecular formula is C26H30IN5OS. The minimum Gasteiger partial charge on any atom is -0.483 e. The molecule has 2 aromatic carbocycles. The van der Waals surface area contributed by atoms with Crippen LogP contribution in [0.4, 0.5) is 5.69 Å². The second-order valence-electron chi connectivity index (χ2n) is 7.93. The van der Waals surface area contributed by atoms with Crippen molar-refractivity contribution >= 4 is 56.5 Å². The number of benzene rings is 2. The van der Waals surface area contributed by atoms with Crippen LogP contribution in [0.3, 0.4) is 0 Å². The lowest BCUT2D eigenvalue weighted by Crippen LogP contribution is -2.27. The molecule has 2 N–H and O–H groups in total. The summed E-state index contributed by atoms with van der Waals surface area (Å²) in [5, 5.41) is 2.01. The molecular weight excluding hydrogens is 557 g/mol. The number of nitrogens with zero attached hydrogens (tertiary/aromatic N) is 4. The molecule has 0 saturated heterocycles. The van der Waals surface area contributed by atoms with E-state index in [4.69, 9.17) is 15.5 Å². The number of amidine groups is 1. The van der Waals surface area contributed by atoms with E-state index in [1.807, 2.05) is 41.8 Å². The quantitative estimate of drug-likeness (QED) is 0.104. The van der Waals surface area contributed by atoms with Gasteiger partial charge in [-0.25, -0.2) is 9.98 Å². The molecule has 0 bridgehead atoms. The largest absolute Gasteiger partial charge is 0.483 e. The van der Waals surface area contributed by atoms with Gasteiger partial charge in [0.2, 0.25) is 0 Å². The molecule has 0 amide bonds. The van der Waals surface area contributed by atoms with E-state index in [-0.39, 0.29) is 0 Å². The number of thiophene rings is 1. The maximum Gasteiger partial charge on any atom is 0.141 e. The Morgan fingerprint density at radius 3 is 2.62 bits per heavy atom. The van der Waals surface area contributed by atoms with Gasteiger partial charge in [-0.3, -0.25) is 0 Å². The van der Waals surface area contributed by atoms with Crippen molar-refractivity contribution in [3.05, 3.63) is 76.2 Å². The van der Waals surface area contributed by atoms with E-state index in [1.165, 1.54) is 5.56 Å². The smallest absolute Gasteiger partial charge is 0.141 e. The van der Waals surface area contributed by atoms with E-state index in [9.17, 15) is 0 Å². The van der Waals surface area contributed by atoms with Crippen molar-refractivity contribution in [1.29, 1.82) is 0 Å². The Balaban J connectivity index is 1.68. The van der Waals surface area contributed by atoms with Crippen LogP contribution >= 0.6 is 33.9 Å². The third-order valence-electron chi connectivity index (χ3n) is 5.88.